The number of nitrogens with one attached hydrogen (secondary N) is 1. The van der Waals surface area contributed by atoms with Crippen molar-refractivity contribution in [3.05, 3.63) is 65.5 Å². The van der Waals surface area contributed by atoms with Crippen molar-refractivity contribution in [1.29, 1.82) is 0 Å². The van der Waals surface area contributed by atoms with E-state index in [1.165, 1.54) is 12.1 Å². The van der Waals surface area contributed by atoms with Crippen LogP contribution in [-0.4, -0.2) is 24.0 Å². The van der Waals surface area contributed by atoms with Crippen LogP contribution in [0.25, 0.3) is 0 Å². The van der Waals surface area contributed by atoms with Crippen LogP contribution < -0.4 is 10.1 Å². The molecular formula is C21H24FNO4. The number of benzene rings is 2. The smallest absolute Gasteiger partial charge is 0.338 e. The third kappa shape index (κ3) is 6.73. The number of amides is 1. The summed E-state index contributed by atoms with van der Waals surface area (Å²) < 4.78 is 23.6. The summed E-state index contributed by atoms with van der Waals surface area (Å²) in [6, 6.07) is 12.5. The van der Waals surface area contributed by atoms with Gasteiger partial charge < -0.3 is 14.8 Å². The van der Waals surface area contributed by atoms with Crippen molar-refractivity contribution in [1.82, 2.24) is 5.32 Å². The Bertz CT molecular complexity index is 787. The van der Waals surface area contributed by atoms with Crippen LogP contribution in [0.15, 0.2) is 48.5 Å². The lowest BCUT2D eigenvalue weighted by Crippen LogP contribution is -2.44. The Kier molecular flexibility index (Phi) is 6.93. The number of hydrogen-bond donors (Lipinski definition) is 1. The average molecular weight is 373 g/mol. The van der Waals surface area contributed by atoms with Crippen molar-refractivity contribution in [3.8, 4) is 5.75 Å². The molecule has 0 saturated carbocycles. The second-order valence-corrected chi connectivity index (χ2v) is 6.80. The maximum Gasteiger partial charge on any atom is 0.338 e. The van der Waals surface area contributed by atoms with Gasteiger partial charge in [0.15, 0.2) is 6.61 Å². The molecule has 0 fully saturated rings. The maximum atomic E-state index is 12.9. The second kappa shape index (κ2) is 9.16. The fourth-order valence-corrected chi connectivity index (χ4v) is 2.18. The highest BCUT2D eigenvalue weighted by Gasteiger charge is 2.19. The summed E-state index contributed by atoms with van der Waals surface area (Å²) in [6.45, 7) is 5.66. The molecule has 6 heteroatoms. The van der Waals surface area contributed by atoms with E-state index >= 15 is 0 Å². The maximum absolute atomic E-state index is 12.9. The Morgan fingerprint density at radius 2 is 1.81 bits per heavy atom. The quantitative estimate of drug-likeness (QED) is 0.714. The van der Waals surface area contributed by atoms with Gasteiger partial charge in [0.05, 0.1) is 5.56 Å². The van der Waals surface area contributed by atoms with Gasteiger partial charge in [0.2, 0.25) is 0 Å². The minimum atomic E-state index is -0.605. The molecule has 0 aliphatic heterocycles. The molecule has 144 valence electrons. The predicted molar refractivity (Wildman–Crippen MR) is 100.0 cm³/mol. The lowest BCUT2D eigenvalue weighted by Gasteiger charge is -2.24. The molecule has 0 unspecified atom stereocenters. The topological polar surface area (TPSA) is 64.6 Å². The number of ether oxygens (including phenoxy) is 2. The number of rotatable bonds is 8. The van der Waals surface area contributed by atoms with Crippen molar-refractivity contribution in [3.63, 3.8) is 0 Å². The lowest BCUT2D eigenvalue weighted by molar-refractivity contribution is -0.125. The van der Waals surface area contributed by atoms with E-state index in [0.29, 0.717) is 5.75 Å². The first-order valence-corrected chi connectivity index (χ1v) is 8.74. The van der Waals surface area contributed by atoms with E-state index in [1.807, 2.05) is 20.8 Å². The summed E-state index contributed by atoms with van der Waals surface area (Å²) in [7, 11) is 0. The molecule has 1 N–H and O–H groups in total. The van der Waals surface area contributed by atoms with Crippen LogP contribution in [0.4, 0.5) is 4.39 Å². The van der Waals surface area contributed by atoms with Crippen LogP contribution >= 0.6 is 0 Å². The standard InChI is InChI=1S/C21H24FNO4/c1-4-21(2,3)23-19(24)14-27-20(25)16-6-5-7-18(12-16)26-13-15-8-10-17(22)11-9-15/h5-12H,4,13-14H2,1-3H3,(H,23,24). The second-order valence-electron chi connectivity index (χ2n) is 6.80. The summed E-state index contributed by atoms with van der Waals surface area (Å²) in [5.74, 6) is -0.786. The van der Waals surface area contributed by atoms with Crippen LogP contribution in [0.1, 0.15) is 43.1 Å². The molecule has 0 saturated heterocycles. The monoisotopic (exact) mass is 373 g/mol. The van der Waals surface area contributed by atoms with Gasteiger partial charge in [0.25, 0.3) is 5.91 Å². The zero-order chi connectivity index (χ0) is 19.9. The molecular weight excluding hydrogens is 349 g/mol. The molecule has 27 heavy (non-hydrogen) atoms. The molecule has 2 rings (SSSR count). The first-order valence-electron chi connectivity index (χ1n) is 8.74. The van der Waals surface area contributed by atoms with Crippen LogP contribution in [-0.2, 0) is 16.1 Å². The van der Waals surface area contributed by atoms with Crippen molar-refractivity contribution >= 4 is 11.9 Å². The molecule has 2 aromatic rings. The summed E-state index contributed by atoms with van der Waals surface area (Å²) >= 11 is 0. The molecule has 0 radical (unpaired) electrons. The number of esters is 1. The number of hydrogen-bond acceptors (Lipinski definition) is 4. The highest BCUT2D eigenvalue weighted by atomic mass is 19.1. The van der Waals surface area contributed by atoms with Gasteiger partial charge in [-0.1, -0.05) is 25.1 Å². The van der Waals surface area contributed by atoms with E-state index in [2.05, 4.69) is 5.32 Å². The molecule has 0 spiro atoms. The Balaban J connectivity index is 1.89. The van der Waals surface area contributed by atoms with Gasteiger partial charge in [-0.2, -0.15) is 0 Å². The number of halogens is 1. The van der Waals surface area contributed by atoms with Gasteiger partial charge in [-0.15, -0.1) is 0 Å². The number of carbonyl (C=O) groups excluding carboxylic acids is 2. The third-order valence-corrected chi connectivity index (χ3v) is 4.08. The van der Waals surface area contributed by atoms with Gasteiger partial charge in [-0.05, 0) is 56.2 Å². The van der Waals surface area contributed by atoms with E-state index in [9.17, 15) is 14.0 Å². The van der Waals surface area contributed by atoms with Crippen molar-refractivity contribution in [2.75, 3.05) is 6.61 Å². The average Bonchev–Trinajstić information content (AvgIpc) is 2.65. The van der Waals surface area contributed by atoms with Crippen molar-refractivity contribution < 1.29 is 23.5 Å². The molecule has 0 aliphatic rings. The minimum absolute atomic E-state index is 0.243. The normalized spacial score (nSPS) is 11.0. The molecule has 0 heterocycles. The van der Waals surface area contributed by atoms with Crippen LogP contribution in [0.2, 0.25) is 0 Å². The summed E-state index contributed by atoms with van der Waals surface area (Å²) in [5, 5.41) is 2.80. The highest BCUT2D eigenvalue weighted by molar-refractivity contribution is 5.91. The van der Waals surface area contributed by atoms with E-state index in [4.69, 9.17) is 9.47 Å². The summed E-state index contributed by atoms with van der Waals surface area (Å²) in [4.78, 5) is 24.0. The lowest BCUT2D eigenvalue weighted by atomic mass is 10.0. The van der Waals surface area contributed by atoms with Gasteiger partial charge in [0.1, 0.15) is 18.2 Å². The van der Waals surface area contributed by atoms with Crippen molar-refractivity contribution in [2.45, 2.75) is 39.3 Å². The Morgan fingerprint density at radius 3 is 2.48 bits per heavy atom. The molecule has 0 aromatic heterocycles. The molecule has 0 bridgehead atoms. The van der Waals surface area contributed by atoms with Crippen LogP contribution in [0.3, 0.4) is 0 Å². The SMILES string of the molecule is CCC(C)(C)NC(=O)COC(=O)c1cccc(OCc2ccc(F)cc2)c1. The molecule has 5 nitrogen and oxygen atoms in total. The Morgan fingerprint density at radius 1 is 1.11 bits per heavy atom. The van der Waals surface area contributed by atoms with Crippen molar-refractivity contribution in [2.24, 2.45) is 0 Å². The predicted octanol–water partition coefficient (Wildman–Crippen LogP) is 3.87. The molecule has 1 amide bonds. The van der Waals surface area contributed by atoms with E-state index in [-0.39, 0.29) is 36.0 Å². The zero-order valence-electron chi connectivity index (χ0n) is 15.8. The Hall–Kier alpha value is -2.89. The molecule has 2 aromatic carbocycles. The first kappa shape index (κ1) is 20.4. The van der Waals surface area contributed by atoms with E-state index in [1.54, 1.807) is 36.4 Å². The molecule has 0 atom stereocenters. The van der Waals surface area contributed by atoms with Gasteiger partial charge in [0, 0.05) is 5.54 Å². The van der Waals surface area contributed by atoms with Gasteiger partial charge in [-0.3, -0.25) is 4.79 Å². The van der Waals surface area contributed by atoms with Crippen LogP contribution in [0.5, 0.6) is 5.75 Å². The van der Waals surface area contributed by atoms with E-state index in [0.717, 1.165) is 12.0 Å². The first-order chi connectivity index (χ1) is 12.8. The largest absolute Gasteiger partial charge is 0.489 e. The minimum Gasteiger partial charge on any atom is -0.489 e. The van der Waals surface area contributed by atoms with Crippen LogP contribution in [0, 0.1) is 5.82 Å². The Labute approximate surface area is 158 Å². The summed E-state index contributed by atoms with van der Waals surface area (Å²) in [5.41, 5.74) is 0.742. The zero-order valence-corrected chi connectivity index (χ0v) is 15.8. The third-order valence-electron chi connectivity index (χ3n) is 4.08. The fourth-order valence-electron chi connectivity index (χ4n) is 2.18. The van der Waals surface area contributed by atoms with Gasteiger partial charge >= 0.3 is 5.97 Å². The number of carbonyl (C=O) groups is 2. The fraction of sp³-hybridized carbons (Fsp3) is 0.333. The molecule has 0 aliphatic carbocycles. The van der Waals surface area contributed by atoms with E-state index < -0.39 is 5.97 Å². The van der Waals surface area contributed by atoms with Gasteiger partial charge in [-0.25, -0.2) is 9.18 Å². The highest BCUT2D eigenvalue weighted by Crippen LogP contribution is 2.16. The summed E-state index contributed by atoms with van der Waals surface area (Å²) in [6.07, 6.45) is 0.764.